The number of nitrogens with two attached hydrogens (primary N) is 4. The topological polar surface area (TPSA) is 352 Å². The van der Waals surface area contributed by atoms with E-state index in [0.29, 0.717) is 0 Å². The minimum Gasteiger partial charge on any atom is -0.394 e. The summed E-state index contributed by atoms with van der Waals surface area (Å²) >= 11 is 0. The Morgan fingerprint density at radius 1 is 0.630 bits per heavy atom. The van der Waals surface area contributed by atoms with Crippen molar-refractivity contribution in [3.8, 4) is 0 Å². The molecular formula is C25H47N5O16. The first-order valence-corrected chi connectivity index (χ1v) is 14.8. The number of aliphatic imine (C=N–C) groups is 1. The molecule has 0 aromatic heterocycles. The van der Waals surface area contributed by atoms with Gasteiger partial charge in [-0.25, -0.2) is 0 Å². The summed E-state index contributed by atoms with van der Waals surface area (Å²) in [6.45, 7) is -1.55. The van der Waals surface area contributed by atoms with Gasteiger partial charge in [0.1, 0.15) is 67.1 Å². The van der Waals surface area contributed by atoms with Gasteiger partial charge in [0.2, 0.25) is 6.40 Å². The molecule has 0 spiro atoms. The zero-order valence-electron chi connectivity index (χ0n) is 25.0. The predicted molar refractivity (Wildman–Crippen MR) is 149 cm³/mol. The van der Waals surface area contributed by atoms with Crippen LogP contribution in [0.2, 0.25) is 0 Å². The van der Waals surface area contributed by atoms with Crippen molar-refractivity contribution in [1.82, 2.24) is 0 Å². The molecule has 3 heterocycles. The molecule has 21 heteroatoms. The second-order valence-electron chi connectivity index (χ2n) is 11.7. The van der Waals surface area contributed by atoms with Gasteiger partial charge in [-0.2, -0.15) is 4.89 Å². The highest BCUT2D eigenvalue weighted by molar-refractivity contribution is 5.45. The summed E-state index contributed by atoms with van der Waals surface area (Å²) in [5, 5.41) is 83.2. The summed E-state index contributed by atoms with van der Waals surface area (Å²) in [7, 11) is 1.25. The van der Waals surface area contributed by atoms with Crippen LogP contribution in [-0.4, -0.2) is 190 Å². The molecule has 268 valence electrons. The van der Waals surface area contributed by atoms with Gasteiger partial charge in [0.25, 0.3) is 0 Å². The molecule has 0 radical (unpaired) electrons. The van der Waals surface area contributed by atoms with Crippen LogP contribution in [0.4, 0.5) is 0 Å². The predicted octanol–water partition coefficient (Wildman–Crippen LogP) is -8.21. The number of aliphatic hydroxyl groups excluding tert-OH is 8. The van der Waals surface area contributed by atoms with Crippen LogP contribution in [-0.2, 0) is 38.2 Å². The zero-order valence-corrected chi connectivity index (χ0v) is 25.0. The molecule has 0 aromatic carbocycles. The molecule has 4 aliphatic rings. The molecule has 19 unspecified atom stereocenters. The summed E-state index contributed by atoms with van der Waals surface area (Å²) in [6.07, 6.45) is -20.1. The maximum atomic E-state index is 11.2. The maximum Gasteiger partial charge on any atom is 0.214 e. The van der Waals surface area contributed by atoms with Crippen LogP contribution in [0, 0.1) is 0 Å². The van der Waals surface area contributed by atoms with Gasteiger partial charge in [-0.3, -0.25) is 4.99 Å². The van der Waals surface area contributed by atoms with Crippen LogP contribution in [0.15, 0.2) is 4.99 Å². The van der Waals surface area contributed by atoms with Crippen LogP contribution < -0.4 is 22.9 Å². The fraction of sp³-hybridized carbons (Fsp3) is 0.960. The Labute approximate surface area is 263 Å². The highest BCUT2D eigenvalue weighted by Crippen LogP contribution is 2.34. The Morgan fingerprint density at radius 3 is 1.74 bits per heavy atom. The lowest BCUT2D eigenvalue weighted by Gasteiger charge is -2.47. The van der Waals surface area contributed by atoms with E-state index in [-0.39, 0.29) is 13.0 Å². The molecular weight excluding hydrogens is 626 g/mol. The van der Waals surface area contributed by atoms with Gasteiger partial charge in [-0.15, -0.1) is 0 Å². The summed E-state index contributed by atoms with van der Waals surface area (Å²) in [5.41, 5.74) is 24.5. The van der Waals surface area contributed by atoms with Gasteiger partial charge < -0.3 is 97.1 Å². The third-order valence-corrected chi connectivity index (χ3v) is 8.59. The Hall–Kier alpha value is -1.29. The monoisotopic (exact) mass is 673 g/mol. The van der Waals surface area contributed by atoms with E-state index in [2.05, 4.69) is 14.8 Å². The fourth-order valence-corrected chi connectivity index (χ4v) is 5.88. The van der Waals surface area contributed by atoms with E-state index in [4.69, 9.17) is 51.4 Å². The van der Waals surface area contributed by atoms with E-state index in [1.54, 1.807) is 0 Å². The van der Waals surface area contributed by atoms with Crippen molar-refractivity contribution in [2.45, 2.75) is 123 Å². The lowest BCUT2D eigenvalue weighted by molar-refractivity contribution is -0.310. The highest BCUT2D eigenvalue weighted by Gasteiger charge is 2.54. The third kappa shape index (κ3) is 7.94. The smallest absolute Gasteiger partial charge is 0.214 e. The molecule has 3 aliphatic heterocycles. The Balaban J connectivity index is 1.48. The number of aliphatic hydroxyl groups is 8. The molecule has 4 fully saturated rings. The van der Waals surface area contributed by atoms with E-state index in [0.717, 1.165) is 6.40 Å². The third-order valence-electron chi connectivity index (χ3n) is 8.59. The van der Waals surface area contributed by atoms with Crippen molar-refractivity contribution in [2.75, 3.05) is 26.9 Å². The van der Waals surface area contributed by atoms with E-state index in [1.165, 1.54) is 7.11 Å². The van der Waals surface area contributed by atoms with Crippen molar-refractivity contribution in [3.05, 3.63) is 0 Å². The van der Waals surface area contributed by atoms with Crippen LogP contribution in [0.1, 0.15) is 6.42 Å². The van der Waals surface area contributed by atoms with Crippen molar-refractivity contribution < 1.29 is 79.0 Å². The first-order valence-electron chi connectivity index (χ1n) is 14.8. The first kappa shape index (κ1) is 37.5. The second-order valence-corrected chi connectivity index (χ2v) is 11.7. The van der Waals surface area contributed by atoms with Crippen molar-refractivity contribution in [3.63, 3.8) is 0 Å². The van der Waals surface area contributed by atoms with Crippen LogP contribution in [0.5, 0.6) is 0 Å². The molecule has 3 saturated heterocycles. The van der Waals surface area contributed by atoms with E-state index >= 15 is 0 Å². The van der Waals surface area contributed by atoms with Crippen LogP contribution >= 0.6 is 0 Å². The molecule has 0 amide bonds. The standard InChI is InChI=1S/C25H47N5O16/c1-39-40-6-30-3-9-15(34)17(36)12(28)23(41-9)45-21-11(5-32)43-25(19(21)38)46-22-14(33)7(26)2-8(27)20(22)44-24-13(29)18(37)16(35)10(4-31)42-24/h6-25,31-38H,2-5,26-29H2,1H3. The molecule has 21 nitrogen and oxygen atoms in total. The highest BCUT2D eigenvalue weighted by atomic mass is 17.2. The second kappa shape index (κ2) is 16.4. The van der Waals surface area contributed by atoms with Gasteiger partial charge >= 0.3 is 0 Å². The minimum absolute atomic E-state index is 0.0508. The van der Waals surface area contributed by atoms with Crippen LogP contribution in [0.25, 0.3) is 0 Å². The quantitative estimate of drug-likeness (QED) is 0.0396. The largest absolute Gasteiger partial charge is 0.394 e. The number of hydrogen-bond donors (Lipinski definition) is 12. The summed E-state index contributed by atoms with van der Waals surface area (Å²) in [6, 6.07) is -4.40. The van der Waals surface area contributed by atoms with Crippen LogP contribution in [0.3, 0.4) is 0 Å². The first-order chi connectivity index (χ1) is 21.8. The fourth-order valence-electron chi connectivity index (χ4n) is 5.88. The van der Waals surface area contributed by atoms with E-state index in [9.17, 15) is 40.9 Å². The number of ether oxygens (including phenoxy) is 6. The molecule has 1 saturated carbocycles. The SMILES string of the molecule is COOC=NCC1OC(OC2C(CO)OC(OC3C(O)C(N)CC(N)C3OC3OC(CO)C(O)C(O)C3N)C2O)C(N)C(O)C1O. The summed E-state index contributed by atoms with van der Waals surface area (Å²) < 4.78 is 34.7. The zero-order chi connectivity index (χ0) is 33.9. The van der Waals surface area contributed by atoms with E-state index < -0.39 is 129 Å². The molecule has 46 heavy (non-hydrogen) atoms. The van der Waals surface area contributed by atoms with Crippen molar-refractivity contribution in [2.24, 2.45) is 27.9 Å². The maximum absolute atomic E-state index is 11.2. The number of rotatable bonds is 12. The Morgan fingerprint density at radius 2 is 1.15 bits per heavy atom. The van der Waals surface area contributed by atoms with Gasteiger partial charge in [0.15, 0.2) is 18.9 Å². The average Bonchev–Trinajstić information content (AvgIpc) is 3.33. The summed E-state index contributed by atoms with van der Waals surface area (Å²) in [5.74, 6) is 0. The summed E-state index contributed by atoms with van der Waals surface area (Å²) in [4.78, 5) is 12.8. The van der Waals surface area contributed by atoms with E-state index in [1.807, 2.05) is 0 Å². The molecule has 1 aliphatic carbocycles. The normalized spacial score (nSPS) is 50.2. The Kier molecular flexibility index (Phi) is 13.4. The molecule has 16 N–H and O–H groups in total. The number of nitrogens with zero attached hydrogens (tertiary/aromatic N) is 1. The average molecular weight is 674 g/mol. The van der Waals surface area contributed by atoms with Crippen molar-refractivity contribution in [1.29, 1.82) is 0 Å². The lowest BCUT2D eigenvalue weighted by atomic mass is 9.84. The van der Waals surface area contributed by atoms with Gasteiger partial charge in [-0.05, 0) is 6.42 Å². The molecule has 0 bridgehead atoms. The van der Waals surface area contributed by atoms with Gasteiger partial charge in [-0.1, -0.05) is 0 Å². The van der Waals surface area contributed by atoms with Crippen molar-refractivity contribution >= 4 is 6.40 Å². The molecule has 19 atom stereocenters. The minimum atomic E-state index is -1.66. The van der Waals surface area contributed by atoms with Gasteiger partial charge in [0.05, 0.1) is 45.1 Å². The van der Waals surface area contributed by atoms with Gasteiger partial charge in [0, 0.05) is 12.1 Å². The lowest BCUT2D eigenvalue weighted by Crippen LogP contribution is -2.68. The molecule has 4 rings (SSSR count). The number of hydrogen-bond acceptors (Lipinski definition) is 21. The Bertz CT molecular complexity index is 975. The molecule has 0 aromatic rings.